The SMILES string of the molecule is Cc1nnc(C#Cn2ccn(-c3cc(C(F)(F)F)cc(C(F)(F)F)c3OC(=O)N(C)c3ccc(F)cc3)c2=O)o1. The fourth-order valence-corrected chi connectivity index (χ4v) is 3.30. The molecule has 0 fully saturated rings. The van der Waals surface area contributed by atoms with Crippen LogP contribution in [0.5, 0.6) is 5.75 Å². The van der Waals surface area contributed by atoms with Crippen LogP contribution in [-0.4, -0.2) is 32.5 Å². The Labute approximate surface area is 219 Å². The lowest BCUT2D eigenvalue weighted by molar-refractivity contribution is -0.143. The van der Waals surface area contributed by atoms with E-state index in [1.165, 1.54) is 6.92 Å². The monoisotopic (exact) mass is 569 g/mol. The highest BCUT2D eigenvalue weighted by Gasteiger charge is 2.42. The first-order valence-corrected chi connectivity index (χ1v) is 10.8. The molecule has 2 heterocycles. The third-order valence-corrected chi connectivity index (χ3v) is 5.23. The van der Waals surface area contributed by atoms with E-state index in [-0.39, 0.29) is 29.6 Å². The van der Waals surface area contributed by atoms with Gasteiger partial charge in [0.05, 0.1) is 11.3 Å². The molecule has 4 rings (SSSR count). The van der Waals surface area contributed by atoms with Crippen LogP contribution in [0.4, 0.5) is 41.2 Å². The Morgan fingerprint density at radius 1 is 1.02 bits per heavy atom. The van der Waals surface area contributed by atoms with Crippen LogP contribution in [0.3, 0.4) is 0 Å². The summed E-state index contributed by atoms with van der Waals surface area (Å²) in [5, 5.41) is 7.10. The summed E-state index contributed by atoms with van der Waals surface area (Å²) in [4.78, 5) is 26.4. The van der Waals surface area contributed by atoms with E-state index < -0.39 is 52.5 Å². The minimum atomic E-state index is -5.46. The van der Waals surface area contributed by atoms with E-state index in [1.807, 2.05) is 0 Å². The predicted molar refractivity (Wildman–Crippen MR) is 122 cm³/mol. The molecule has 0 saturated heterocycles. The molecule has 2 aromatic heterocycles. The number of rotatable bonds is 3. The molecule has 0 radical (unpaired) electrons. The number of aromatic nitrogens is 4. The highest BCUT2D eigenvalue weighted by atomic mass is 19.4. The number of aryl methyl sites for hydroxylation is 1. The molecule has 0 saturated carbocycles. The fourth-order valence-electron chi connectivity index (χ4n) is 3.30. The minimum Gasteiger partial charge on any atom is -0.415 e. The number of carbonyl (C=O) groups is 1. The Morgan fingerprint density at radius 3 is 2.27 bits per heavy atom. The highest BCUT2D eigenvalue weighted by molar-refractivity contribution is 5.89. The number of hydrogen-bond acceptors (Lipinski definition) is 6. The molecular weight excluding hydrogens is 555 g/mol. The second-order valence-corrected chi connectivity index (χ2v) is 7.95. The van der Waals surface area contributed by atoms with E-state index in [4.69, 9.17) is 9.15 Å². The summed E-state index contributed by atoms with van der Waals surface area (Å²) in [5.74, 6) is 0.198. The van der Waals surface area contributed by atoms with Crippen LogP contribution < -0.4 is 15.3 Å². The van der Waals surface area contributed by atoms with Crippen molar-refractivity contribution in [3.8, 4) is 23.4 Å². The molecule has 0 atom stereocenters. The lowest BCUT2D eigenvalue weighted by Gasteiger charge is -2.22. The van der Waals surface area contributed by atoms with Crippen molar-refractivity contribution < 1.29 is 44.7 Å². The number of halogens is 7. The Hall–Kier alpha value is -5.07. The Balaban J connectivity index is 1.87. The van der Waals surface area contributed by atoms with Gasteiger partial charge in [0.15, 0.2) is 5.75 Å². The third-order valence-electron chi connectivity index (χ3n) is 5.23. The second kappa shape index (κ2) is 10.2. The molecule has 0 unspecified atom stereocenters. The summed E-state index contributed by atoms with van der Waals surface area (Å²) < 4.78 is 107. The van der Waals surface area contributed by atoms with Crippen LogP contribution in [0, 0.1) is 24.7 Å². The summed E-state index contributed by atoms with van der Waals surface area (Å²) >= 11 is 0. The van der Waals surface area contributed by atoms with Gasteiger partial charge in [0.1, 0.15) is 11.4 Å². The van der Waals surface area contributed by atoms with Gasteiger partial charge in [-0.05, 0) is 36.4 Å². The maximum absolute atomic E-state index is 14.0. The molecule has 1 amide bonds. The maximum atomic E-state index is 14.0. The number of amides is 1. The fraction of sp³-hybridized carbons (Fsp3) is 0.167. The predicted octanol–water partition coefficient (Wildman–Crippen LogP) is 5.00. The van der Waals surface area contributed by atoms with Gasteiger partial charge in [-0.15, -0.1) is 5.10 Å². The van der Waals surface area contributed by atoms with Crippen molar-refractivity contribution in [1.29, 1.82) is 0 Å². The first-order valence-electron chi connectivity index (χ1n) is 10.8. The van der Waals surface area contributed by atoms with Crippen molar-refractivity contribution in [3.05, 3.63) is 88.0 Å². The Bertz CT molecular complexity index is 1690. The third kappa shape index (κ3) is 5.82. The molecule has 208 valence electrons. The van der Waals surface area contributed by atoms with Crippen molar-refractivity contribution in [3.63, 3.8) is 0 Å². The molecule has 0 aliphatic heterocycles. The zero-order valence-electron chi connectivity index (χ0n) is 20.1. The normalized spacial score (nSPS) is 11.6. The number of anilines is 1. The molecule has 0 spiro atoms. The summed E-state index contributed by atoms with van der Waals surface area (Å²) in [5.41, 5.74) is -6.02. The molecular formula is C24H14F7N5O4. The van der Waals surface area contributed by atoms with E-state index in [1.54, 1.807) is 0 Å². The molecule has 40 heavy (non-hydrogen) atoms. The number of alkyl halides is 6. The zero-order valence-corrected chi connectivity index (χ0v) is 20.1. The van der Waals surface area contributed by atoms with Gasteiger partial charge in [0.25, 0.3) is 5.89 Å². The van der Waals surface area contributed by atoms with Crippen LogP contribution in [0.15, 0.2) is 58.0 Å². The van der Waals surface area contributed by atoms with Crippen molar-refractivity contribution >= 4 is 11.8 Å². The Morgan fingerprint density at radius 2 is 1.70 bits per heavy atom. The maximum Gasteiger partial charge on any atom is 0.420 e. The second-order valence-electron chi connectivity index (χ2n) is 7.95. The van der Waals surface area contributed by atoms with Crippen molar-refractivity contribution in [2.75, 3.05) is 11.9 Å². The van der Waals surface area contributed by atoms with Crippen molar-refractivity contribution in [2.45, 2.75) is 19.3 Å². The lowest BCUT2D eigenvalue weighted by Crippen LogP contribution is -2.31. The van der Waals surface area contributed by atoms with Crippen molar-refractivity contribution in [1.82, 2.24) is 19.3 Å². The average Bonchev–Trinajstić information content (AvgIpc) is 3.46. The lowest BCUT2D eigenvalue weighted by atomic mass is 10.1. The molecule has 0 N–H and O–H groups in total. The number of ether oxygens (including phenoxy) is 1. The molecule has 0 bridgehead atoms. The van der Waals surface area contributed by atoms with Gasteiger partial charge in [0.2, 0.25) is 5.89 Å². The van der Waals surface area contributed by atoms with E-state index in [2.05, 4.69) is 22.2 Å². The van der Waals surface area contributed by atoms with E-state index in [0.717, 1.165) is 43.7 Å². The van der Waals surface area contributed by atoms with Gasteiger partial charge in [-0.1, -0.05) is 5.10 Å². The molecule has 0 aliphatic rings. The van der Waals surface area contributed by atoms with E-state index in [9.17, 15) is 40.3 Å². The number of nitrogens with zero attached hydrogens (tertiary/aromatic N) is 5. The smallest absolute Gasteiger partial charge is 0.415 e. The van der Waals surface area contributed by atoms with Gasteiger partial charge in [-0.3, -0.25) is 9.47 Å². The van der Waals surface area contributed by atoms with Gasteiger partial charge in [-0.2, -0.15) is 26.3 Å². The number of imidazole rings is 1. The highest BCUT2D eigenvalue weighted by Crippen LogP contribution is 2.44. The number of benzene rings is 2. The number of hydrogen-bond donors (Lipinski definition) is 0. The summed E-state index contributed by atoms with van der Waals surface area (Å²) in [6.07, 6.45) is -10.4. The topological polar surface area (TPSA) is 95.4 Å². The summed E-state index contributed by atoms with van der Waals surface area (Å²) in [6.45, 7) is 1.46. The van der Waals surface area contributed by atoms with Gasteiger partial charge in [-0.25, -0.2) is 18.5 Å². The quantitative estimate of drug-likeness (QED) is 0.255. The van der Waals surface area contributed by atoms with Crippen LogP contribution in [-0.2, 0) is 12.4 Å². The van der Waals surface area contributed by atoms with Gasteiger partial charge in [0, 0.05) is 44.0 Å². The standard InChI is InChI=1S/C24H14F7N5O4/c1-13-32-33-19(39-13)7-8-35-9-10-36(21(35)37)18-12-14(23(26,27)28)11-17(24(29,30)31)20(18)40-22(38)34(2)16-5-3-15(25)4-6-16/h3-6,9-12H,1-2H3. The first kappa shape index (κ1) is 28.0. The molecule has 0 aliphatic carbocycles. The van der Waals surface area contributed by atoms with Crippen LogP contribution in [0.25, 0.3) is 5.69 Å². The summed E-state index contributed by atoms with van der Waals surface area (Å²) in [7, 11) is 1.07. The molecule has 9 nitrogen and oxygen atoms in total. The van der Waals surface area contributed by atoms with Crippen LogP contribution >= 0.6 is 0 Å². The first-order chi connectivity index (χ1) is 18.6. The van der Waals surface area contributed by atoms with E-state index >= 15 is 0 Å². The van der Waals surface area contributed by atoms with E-state index in [0.29, 0.717) is 14.0 Å². The van der Waals surface area contributed by atoms with Crippen LogP contribution in [0.1, 0.15) is 22.9 Å². The number of carbonyl (C=O) groups excluding carboxylic acids is 1. The van der Waals surface area contributed by atoms with Gasteiger partial charge >= 0.3 is 24.1 Å². The zero-order chi connectivity index (χ0) is 29.4. The largest absolute Gasteiger partial charge is 0.420 e. The Kier molecular flexibility index (Phi) is 7.16. The molecule has 16 heteroatoms. The minimum absolute atomic E-state index is 0.0109. The van der Waals surface area contributed by atoms with Crippen LogP contribution in [0.2, 0.25) is 0 Å². The average molecular weight is 569 g/mol. The summed E-state index contributed by atoms with van der Waals surface area (Å²) in [6, 6.07) is 6.40. The van der Waals surface area contributed by atoms with Crippen molar-refractivity contribution in [2.24, 2.45) is 0 Å². The molecule has 4 aromatic rings. The van der Waals surface area contributed by atoms with Gasteiger partial charge < -0.3 is 9.15 Å². The molecule has 2 aromatic carbocycles.